The summed E-state index contributed by atoms with van der Waals surface area (Å²) < 4.78 is 38.6. The highest BCUT2D eigenvalue weighted by molar-refractivity contribution is 6.18. The van der Waals surface area contributed by atoms with Crippen LogP contribution in [-0.4, -0.2) is 40.9 Å². The van der Waals surface area contributed by atoms with E-state index in [1.165, 1.54) is 24.3 Å². The Balaban J connectivity index is 1.81. The maximum absolute atomic E-state index is 12.9. The van der Waals surface area contributed by atoms with Gasteiger partial charge in [0.1, 0.15) is 5.70 Å². The van der Waals surface area contributed by atoms with Gasteiger partial charge in [-0.3, -0.25) is 19.3 Å². The van der Waals surface area contributed by atoms with E-state index in [-0.39, 0.29) is 29.2 Å². The van der Waals surface area contributed by atoms with Crippen LogP contribution in [-0.2, 0) is 15.8 Å². The Morgan fingerprint density at radius 3 is 2.50 bits per heavy atom. The number of benzene rings is 2. The lowest BCUT2D eigenvalue weighted by molar-refractivity contribution is -0.138. The fourth-order valence-electron chi connectivity index (χ4n) is 2.82. The summed E-state index contributed by atoms with van der Waals surface area (Å²) in [6.45, 7) is -0.564. The molecule has 156 valence electrons. The zero-order chi connectivity index (χ0) is 21.9. The summed E-state index contributed by atoms with van der Waals surface area (Å²) in [6, 6.07) is 10.2. The number of hydrogen-bond donors (Lipinski definition) is 3. The summed E-state index contributed by atoms with van der Waals surface area (Å²) in [6.07, 6.45) is -3.51. The lowest BCUT2D eigenvalue weighted by atomic mass is 10.1. The summed E-state index contributed by atoms with van der Waals surface area (Å²) in [5.41, 5.74) is -0.814. The molecular weight excluding hydrogens is 403 g/mol. The number of hydrogen-bond acceptors (Lipinski definition) is 5. The first-order valence-electron chi connectivity index (χ1n) is 8.74. The monoisotopic (exact) mass is 419 g/mol. The molecule has 0 saturated heterocycles. The van der Waals surface area contributed by atoms with Gasteiger partial charge >= 0.3 is 6.18 Å². The van der Waals surface area contributed by atoms with E-state index in [9.17, 15) is 27.6 Å². The number of imide groups is 1. The number of amides is 3. The Labute approximate surface area is 168 Å². The number of nitrogens with zero attached hydrogens (tertiary/aromatic N) is 1. The van der Waals surface area contributed by atoms with Gasteiger partial charge in [0.25, 0.3) is 17.7 Å². The van der Waals surface area contributed by atoms with Crippen molar-refractivity contribution < 1.29 is 32.7 Å². The summed E-state index contributed by atoms with van der Waals surface area (Å²) in [5.74, 6) is -1.98. The quantitative estimate of drug-likeness (QED) is 0.626. The maximum Gasteiger partial charge on any atom is 0.416 e. The molecule has 1 aliphatic heterocycles. The van der Waals surface area contributed by atoms with Crippen molar-refractivity contribution in [3.05, 3.63) is 71.4 Å². The number of carbonyl (C=O) groups is 3. The SMILES string of the molecule is O=C(Nc1cccc(C(F)(F)F)c1)c1ccccc1NC1=CC(=O)N(CCO)C1=O. The third-order valence-corrected chi connectivity index (χ3v) is 4.22. The van der Waals surface area contributed by atoms with Gasteiger partial charge in [0, 0.05) is 11.8 Å². The van der Waals surface area contributed by atoms with E-state index in [0.29, 0.717) is 0 Å². The Kier molecular flexibility index (Phi) is 5.88. The fourth-order valence-corrected chi connectivity index (χ4v) is 2.82. The zero-order valence-corrected chi connectivity index (χ0v) is 15.4. The van der Waals surface area contributed by atoms with Crippen LogP contribution < -0.4 is 10.6 Å². The third-order valence-electron chi connectivity index (χ3n) is 4.22. The highest BCUT2D eigenvalue weighted by atomic mass is 19.4. The van der Waals surface area contributed by atoms with Crippen LogP contribution in [0.1, 0.15) is 15.9 Å². The molecule has 2 aromatic rings. The van der Waals surface area contributed by atoms with Crippen LogP contribution in [0.4, 0.5) is 24.5 Å². The molecule has 0 unspecified atom stereocenters. The number of alkyl halides is 3. The predicted molar refractivity (Wildman–Crippen MR) is 101 cm³/mol. The van der Waals surface area contributed by atoms with Crippen LogP contribution in [0.3, 0.4) is 0 Å². The van der Waals surface area contributed by atoms with Crippen LogP contribution in [0.25, 0.3) is 0 Å². The van der Waals surface area contributed by atoms with E-state index in [0.717, 1.165) is 23.1 Å². The molecule has 3 amide bonds. The topological polar surface area (TPSA) is 98.7 Å². The second kappa shape index (κ2) is 8.37. The number of halogens is 3. The van der Waals surface area contributed by atoms with Crippen molar-refractivity contribution >= 4 is 29.1 Å². The standard InChI is InChI=1S/C20H16F3N3O4/c21-20(22,23)12-4-3-5-13(10-12)24-18(29)14-6-1-2-7-15(14)25-16-11-17(28)26(8-9-27)19(16)30/h1-7,10-11,25,27H,8-9H2,(H,24,29). The van der Waals surface area contributed by atoms with Gasteiger partial charge in [-0.2, -0.15) is 13.2 Å². The number of anilines is 2. The van der Waals surface area contributed by atoms with Crippen LogP contribution in [0.15, 0.2) is 60.3 Å². The predicted octanol–water partition coefficient (Wildman–Crippen LogP) is 2.61. The Bertz CT molecular complexity index is 1030. The molecule has 3 N–H and O–H groups in total. The van der Waals surface area contributed by atoms with Crippen molar-refractivity contribution in [3.63, 3.8) is 0 Å². The molecule has 7 nitrogen and oxygen atoms in total. The molecule has 0 radical (unpaired) electrons. The first kappa shape index (κ1) is 21.1. The highest BCUT2D eigenvalue weighted by Gasteiger charge is 2.32. The molecule has 2 aromatic carbocycles. The summed E-state index contributed by atoms with van der Waals surface area (Å²) in [5, 5.41) is 14.1. The molecule has 0 atom stereocenters. The van der Waals surface area contributed by atoms with Crippen LogP contribution in [0.5, 0.6) is 0 Å². The normalized spacial score (nSPS) is 14.0. The summed E-state index contributed by atoms with van der Waals surface area (Å²) >= 11 is 0. The van der Waals surface area contributed by atoms with Gasteiger partial charge in [-0.1, -0.05) is 18.2 Å². The number of β-amino-alcohol motifs (C(OH)–C–C–N with tert-alkyl or cyclic N) is 1. The Morgan fingerprint density at radius 2 is 1.80 bits per heavy atom. The second-order valence-electron chi connectivity index (χ2n) is 6.28. The molecule has 3 rings (SSSR count). The number of nitrogens with one attached hydrogen (secondary N) is 2. The highest BCUT2D eigenvalue weighted by Crippen LogP contribution is 2.31. The van der Waals surface area contributed by atoms with E-state index in [1.807, 2.05) is 0 Å². The molecule has 1 aliphatic rings. The first-order valence-corrected chi connectivity index (χ1v) is 8.74. The van der Waals surface area contributed by atoms with Crippen molar-refractivity contribution in [2.75, 3.05) is 23.8 Å². The molecule has 10 heteroatoms. The van der Waals surface area contributed by atoms with Crippen molar-refractivity contribution in [2.24, 2.45) is 0 Å². The molecule has 0 aromatic heterocycles. The van der Waals surface area contributed by atoms with Crippen molar-refractivity contribution in [1.82, 2.24) is 4.90 Å². The lowest BCUT2D eigenvalue weighted by Crippen LogP contribution is -2.34. The number of para-hydroxylation sites is 1. The second-order valence-corrected chi connectivity index (χ2v) is 6.28. The smallest absolute Gasteiger partial charge is 0.395 e. The van der Waals surface area contributed by atoms with Gasteiger partial charge in [0.05, 0.1) is 30.0 Å². The minimum absolute atomic E-state index is 0.0508. The maximum atomic E-state index is 12.9. The Hall–Kier alpha value is -3.66. The van der Waals surface area contributed by atoms with Gasteiger partial charge in [0.15, 0.2) is 0 Å². The molecular formula is C20H16F3N3O4. The van der Waals surface area contributed by atoms with Crippen LogP contribution in [0.2, 0.25) is 0 Å². The van der Waals surface area contributed by atoms with Gasteiger partial charge < -0.3 is 15.7 Å². The van der Waals surface area contributed by atoms with E-state index in [4.69, 9.17) is 5.11 Å². The van der Waals surface area contributed by atoms with E-state index >= 15 is 0 Å². The average Bonchev–Trinajstić information content (AvgIpc) is 2.96. The zero-order valence-electron chi connectivity index (χ0n) is 15.4. The van der Waals surface area contributed by atoms with E-state index in [2.05, 4.69) is 10.6 Å². The molecule has 30 heavy (non-hydrogen) atoms. The molecule has 0 aliphatic carbocycles. The van der Waals surface area contributed by atoms with Gasteiger partial charge in [-0.05, 0) is 30.3 Å². The van der Waals surface area contributed by atoms with Crippen molar-refractivity contribution in [2.45, 2.75) is 6.18 Å². The molecule has 0 spiro atoms. The molecule has 0 fully saturated rings. The average molecular weight is 419 g/mol. The van der Waals surface area contributed by atoms with Crippen LogP contribution in [0, 0.1) is 0 Å². The Morgan fingerprint density at radius 1 is 1.07 bits per heavy atom. The summed E-state index contributed by atoms with van der Waals surface area (Å²) in [7, 11) is 0. The molecule has 0 saturated carbocycles. The van der Waals surface area contributed by atoms with E-state index in [1.54, 1.807) is 12.1 Å². The van der Waals surface area contributed by atoms with Gasteiger partial charge in [0.2, 0.25) is 0 Å². The molecule has 1 heterocycles. The first-order chi connectivity index (χ1) is 14.2. The van der Waals surface area contributed by atoms with Crippen LogP contribution >= 0.6 is 0 Å². The minimum atomic E-state index is -4.55. The third kappa shape index (κ3) is 4.49. The number of carbonyl (C=O) groups excluding carboxylic acids is 3. The van der Waals surface area contributed by atoms with Gasteiger partial charge in [-0.25, -0.2) is 0 Å². The number of aliphatic hydroxyl groups excluding tert-OH is 1. The largest absolute Gasteiger partial charge is 0.416 e. The number of rotatable bonds is 6. The van der Waals surface area contributed by atoms with Crippen molar-refractivity contribution in [1.29, 1.82) is 0 Å². The fraction of sp³-hybridized carbons (Fsp3) is 0.150. The van der Waals surface area contributed by atoms with Crippen molar-refractivity contribution in [3.8, 4) is 0 Å². The lowest BCUT2D eigenvalue weighted by Gasteiger charge is -2.15. The summed E-state index contributed by atoms with van der Waals surface area (Å²) in [4.78, 5) is 37.6. The minimum Gasteiger partial charge on any atom is -0.395 e. The number of aliphatic hydroxyl groups is 1. The molecule has 0 bridgehead atoms. The van der Waals surface area contributed by atoms with Gasteiger partial charge in [-0.15, -0.1) is 0 Å². The van der Waals surface area contributed by atoms with E-state index < -0.39 is 36.1 Å².